The predicted octanol–water partition coefficient (Wildman–Crippen LogP) is 4.23. The number of para-hydroxylation sites is 2. The monoisotopic (exact) mass is 341 g/mol. The van der Waals surface area contributed by atoms with Gasteiger partial charge in [-0.15, -0.1) is 0 Å². The van der Waals surface area contributed by atoms with Crippen molar-refractivity contribution in [3.8, 4) is 0 Å². The second-order valence-corrected chi connectivity index (χ2v) is 6.91. The lowest BCUT2D eigenvalue weighted by atomic mass is 10.1. The lowest BCUT2D eigenvalue weighted by molar-refractivity contribution is 0.0112. The zero-order valence-electron chi connectivity index (χ0n) is 14.3. The van der Waals surface area contributed by atoms with Crippen LogP contribution in [0.2, 0.25) is 0 Å². The molecule has 1 saturated heterocycles. The summed E-state index contributed by atoms with van der Waals surface area (Å²) in [4.78, 5) is 6.51. The number of likely N-dealkylation sites (tertiary alicyclic amines) is 1. The standard InChI is InChI=1S/C20H21F2N3/c1-15-6-8-16(9-7-15)12-25-18-5-3-2-4-17(18)23-19(25)13-24-11-10-20(21,22)14-24/h2-9H,10-14H2,1H3. The van der Waals surface area contributed by atoms with Crippen LogP contribution in [0.3, 0.4) is 0 Å². The van der Waals surface area contributed by atoms with Gasteiger partial charge in [-0.1, -0.05) is 42.0 Å². The Kier molecular flexibility index (Phi) is 4.04. The van der Waals surface area contributed by atoms with Crippen LogP contribution in [0, 0.1) is 6.92 Å². The van der Waals surface area contributed by atoms with E-state index in [0.717, 1.165) is 16.9 Å². The number of hydrogen-bond donors (Lipinski definition) is 0. The highest BCUT2D eigenvalue weighted by Crippen LogP contribution is 2.28. The first kappa shape index (κ1) is 16.2. The molecule has 5 heteroatoms. The fourth-order valence-corrected chi connectivity index (χ4v) is 3.44. The van der Waals surface area contributed by atoms with Crippen LogP contribution < -0.4 is 0 Å². The molecule has 0 spiro atoms. The number of nitrogens with zero attached hydrogens (tertiary/aromatic N) is 3. The smallest absolute Gasteiger partial charge is 0.261 e. The minimum absolute atomic E-state index is 0.0643. The average molecular weight is 341 g/mol. The zero-order chi connectivity index (χ0) is 17.4. The fraction of sp³-hybridized carbons (Fsp3) is 0.350. The molecule has 130 valence electrons. The number of benzene rings is 2. The molecule has 0 N–H and O–H groups in total. The van der Waals surface area contributed by atoms with E-state index in [1.54, 1.807) is 4.90 Å². The first-order valence-electron chi connectivity index (χ1n) is 8.60. The van der Waals surface area contributed by atoms with Crippen LogP contribution in [0.15, 0.2) is 48.5 Å². The number of imidazole rings is 1. The molecule has 0 bridgehead atoms. The molecule has 0 amide bonds. The van der Waals surface area contributed by atoms with E-state index < -0.39 is 5.92 Å². The van der Waals surface area contributed by atoms with Crippen molar-refractivity contribution in [2.24, 2.45) is 0 Å². The second kappa shape index (κ2) is 6.23. The van der Waals surface area contributed by atoms with Gasteiger partial charge >= 0.3 is 0 Å². The van der Waals surface area contributed by atoms with E-state index in [4.69, 9.17) is 4.98 Å². The molecule has 0 aliphatic carbocycles. The van der Waals surface area contributed by atoms with Crippen molar-refractivity contribution in [3.63, 3.8) is 0 Å². The van der Waals surface area contributed by atoms with Crippen molar-refractivity contribution in [2.45, 2.75) is 32.4 Å². The maximum Gasteiger partial charge on any atom is 0.261 e. The van der Waals surface area contributed by atoms with Crippen molar-refractivity contribution in [1.82, 2.24) is 14.5 Å². The summed E-state index contributed by atoms with van der Waals surface area (Å²) in [6.07, 6.45) is -0.0643. The molecule has 2 heterocycles. The summed E-state index contributed by atoms with van der Waals surface area (Å²) < 4.78 is 29.2. The number of aromatic nitrogens is 2. The molecule has 1 aliphatic rings. The van der Waals surface area contributed by atoms with Crippen LogP contribution in [-0.4, -0.2) is 33.5 Å². The molecule has 0 unspecified atom stereocenters. The molecule has 4 rings (SSSR count). The van der Waals surface area contributed by atoms with Crippen molar-refractivity contribution in [1.29, 1.82) is 0 Å². The van der Waals surface area contributed by atoms with Gasteiger partial charge in [-0.25, -0.2) is 13.8 Å². The molecule has 25 heavy (non-hydrogen) atoms. The molecule has 3 nitrogen and oxygen atoms in total. The highest BCUT2D eigenvalue weighted by Gasteiger charge is 2.38. The summed E-state index contributed by atoms with van der Waals surface area (Å²) in [7, 11) is 0. The van der Waals surface area contributed by atoms with Crippen molar-refractivity contribution >= 4 is 11.0 Å². The SMILES string of the molecule is Cc1ccc(Cn2c(CN3CCC(F)(F)C3)nc3ccccc32)cc1. The predicted molar refractivity (Wildman–Crippen MR) is 94.9 cm³/mol. The molecule has 0 radical (unpaired) electrons. The van der Waals surface area contributed by atoms with Gasteiger partial charge < -0.3 is 4.57 Å². The fourth-order valence-electron chi connectivity index (χ4n) is 3.44. The van der Waals surface area contributed by atoms with E-state index in [2.05, 4.69) is 35.8 Å². The van der Waals surface area contributed by atoms with Crippen LogP contribution >= 0.6 is 0 Å². The van der Waals surface area contributed by atoms with Crippen LogP contribution in [0.4, 0.5) is 8.78 Å². The van der Waals surface area contributed by atoms with Gasteiger partial charge in [0.2, 0.25) is 0 Å². The van der Waals surface area contributed by atoms with Gasteiger partial charge in [0.25, 0.3) is 5.92 Å². The van der Waals surface area contributed by atoms with Crippen molar-refractivity contribution in [2.75, 3.05) is 13.1 Å². The average Bonchev–Trinajstić information content (AvgIpc) is 3.10. The van der Waals surface area contributed by atoms with E-state index in [1.165, 1.54) is 11.1 Å². The Balaban J connectivity index is 1.67. The zero-order valence-corrected chi connectivity index (χ0v) is 14.3. The first-order chi connectivity index (χ1) is 12.0. The molecule has 3 aromatic rings. The lowest BCUT2D eigenvalue weighted by Crippen LogP contribution is -2.26. The van der Waals surface area contributed by atoms with E-state index in [1.807, 2.05) is 24.3 Å². The summed E-state index contributed by atoms with van der Waals surface area (Å²) >= 11 is 0. The Morgan fingerprint density at radius 1 is 1.04 bits per heavy atom. The van der Waals surface area contributed by atoms with E-state index in [-0.39, 0.29) is 13.0 Å². The molecule has 1 fully saturated rings. The highest BCUT2D eigenvalue weighted by atomic mass is 19.3. The van der Waals surface area contributed by atoms with E-state index in [9.17, 15) is 8.78 Å². The molecule has 0 atom stereocenters. The Morgan fingerprint density at radius 2 is 1.80 bits per heavy atom. The number of alkyl halides is 2. The van der Waals surface area contributed by atoms with Crippen LogP contribution in [0.1, 0.15) is 23.4 Å². The van der Waals surface area contributed by atoms with Gasteiger partial charge in [-0.3, -0.25) is 4.90 Å². The normalized spacial score (nSPS) is 17.4. The largest absolute Gasteiger partial charge is 0.322 e. The van der Waals surface area contributed by atoms with Gasteiger partial charge in [0.05, 0.1) is 24.1 Å². The third-order valence-electron chi connectivity index (χ3n) is 4.81. The Bertz CT molecular complexity index is 884. The number of aryl methyl sites for hydroxylation is 1. The summed E-state index contributed by atoms with van der Waals surface area (Å²) in [5.74, 6) is -1.73. The lowest BCUT2D eigenvalue weighted by Gasteiger charge is -2.17. The van der Waals surface area contributed by atoms with Gasteiger partial charge in [0, 0.05) is 19.5 Å². The quantitative estimate of drug-likeness (QED) is 0.708. The number of hydrogen-bond acceptors (Lipinski definition) is 2. The van der Waals surface area contributed by atoms with Gasteiger partial charge in [-0.05, 0) is 24.6 Å². The third-order valence-corrected chi connectivity index (χ3v) is 4.81. The Morgan fingerprint density at radius 3 is 2.52 bits per heavy atom. The summed E-state index contributed by atoms with van der Waals surface area (Å²) in [5, 5.41) is 0. The molecular weight excluding hydrogens is 320 g/mol. The highest BCUT2D eigenvalue weighted by molar-refractivity contribution is 5.76. The van der Waals surface area contributed by atoms with Crippen LogP contribution in [0.5, 0.6) is 0 Å². The molecule has 2 aromatic carbocycles. The Hall–Kier alpha value is -2.27. The van der Waals surface area contributed by atoms with Gasteiger partial charge in [0.1, 0.15) is 5.82 Å². The maximum atomic E-state index is 13.5. The molecule has 1 aliphatic heterocycles. The van der Waals surface area contributed by atoms with Crippen molar-refractivity contribution < 1.29 is 8.78 Å². The van der Waals surface area contributed by atoms with Gasteiger partial charge in [-0.2, -0.15) is 0 Å². The molecular formula is C20H21F2N3. The van der Waals surface area contributed by atoms with Gasteiger partial charge in [0.15, 0.2) is 0 Å². The third kappa shape index (κ3) is 3.42. The van der Waals surface area contributed by atoms with Crippen LogP contribution in [0.25, 0.3) is 11.0 Å². The van der Waals surface area contributed by atoms with E-state index in [0.29, 0.717) is 19.6 Å². The summed E-state index contributed by atoms with van der Waals surface area (Å²) in [5.41, 5.74) is 4.36. The summed E-state index contributed by atoms with van der Waals surface area (Å²) in [6, 6.07) is 16.4. The van der Waals surface area contributed by atoms with E-state index >= 15 is 0 Å². The number of halogens is 2. The second-order valence-electron chi connectivity index (χ2n) is 6.91. The topological polar surface area (TPSA) is 21.1 Å². The number of rotatable bonds is 4. The minimum Gasteiger partial charge on any atom is -0.322 e. The first-order valence-corrected chi connectivity index (χ1v) is 8.60. The molecule has 0 saturated carbocycles. The molecule has 1 aromatic heterocycles. The summed E-state index contributed by atoms with van der Waals surface area (Å²) in [6.45, 7) is 3.45. The maximum absolute atomic E-state index is 13.5. The van der Waals surface area contributed by atoms with Crippen molar-refractivity contribution in [3.05, 3.63) is 65.5 Å². The number of fused-ring (bicyclic) bond motifs is 1. The van der Waals surface area contributed by atoms with Crippen LogP contribution in [-0.2, 0) is 13.1 Å². The minimum atomic E-state index is -2.58. The Labute approximate surface area is 145 Å².